The molecule has 0 unspecified atom stereocenters. The third-order valence-electron chi connectivity index (χ3n) is 3.44. The lowest BCUT2D eigenvalue weighted by molar-refractivity contribution is 0.628. The second-order valence-electron chi connectivity index (χ2n) is 4.97. The molecule has 2 aromatic rings. The Hall–Kier alpha value is -1.68. The third-order valence-corrected chi connectivity index (χ3v) is 4.15. The summed E-state index contributed by atoms with van der Waals surface area (Å²) in [5, 5.41) is 0. The van der Waals surface area contributed by atoms with Crippen molar-refractivity contribution < 1.29 is 4.39 Å². The van der Waals surface area contributed by atoms with Crippen molar-refractivity contribution in [3.63, 3.8) is 0 Å². The van der Waals surface area contributed by atoms with Crippen LogP contribution >= 0.6 is 15.9 Å². The predicted molar refractivity (Wildman–Crippen MR) is 84.2 cm³/mol. The van der Waals surface area contributed by atoms with Crippen molar-refractivity contribution in [1.82, 2.24) is 0 Å². The molecule has 0 radical (unpaired) electrons. The number of rotatable bonds is 1. The predicted octanol–water partition coefficient (Wildman–Crippen LogP) is 4.97. The van der Waals surface area contributed by atoms with Crippen LogP contribution in [0, 0.1) is 12.7 Å². The van der Waals surface area contributed by atoms with E-state index < -0.39 is 0 Å². The maximum Gasteiger partial charge on any atom is 0.123 e. The van der Waals surface area contributed by atoms with Gasteiger partial charge in [0.15, 0.2) is 0 Å². The van der Waals surface area contributed by atoms with Gasteiger partial charge in [-0.05, 0) is 55.8 Å². The van der Waals surface area contributed by atoms with Crippen LogP contribution < -0.4 is 4.90 Å². The molecule has 2 nitrogen and oxygen atoms in total. The maximum atomic E-state index is 13.0. The molecule has 0 N–H and O–H groups in total. The molecule has 0 fully saturated rings. The summed E-state index contributed by atoms with van der Waals surface area (Å²) in [7, 11) is 0. The van der Waals surface area contributed by atoms with Gasteiger partial charge in [0, 0.05) is 15.7 Å². The van der Waals surface area contributed by atoms with Gasteiger partial charge in [-0.1, -0.05) is 15.9 Å². The number of aliphatic imine (C=N–C) groups is 1. The summed E-state index contributed by atoms with van der Waals surface area (Å²) in [5.41, 5.74) is 4.30. The van der Waals surface area contributed by atoms with Crippen LogP contribution in [0.1, 0.15) is 18.1 Å². The Bertz CT molecular complexity index is 692. The Labute approximate surface area is 126 Å². The number of aryl methyl sites for hydroxylation is 1. The summed E-state index contributed by atoms with van der Waals surface area (Å²) in [6.07, 6.45) is 0. The van der Waals surface area contributed by atoms with Gasteiger partial charge in [-0.15, -0.1) is 0 Å². The van der Waals surface area contributed by atoms with Crippen LogP contribution in [0.15, 0.2) is 45.9 Å². The molecule has 1 aliphatic rings. The second-order valence-corrected chi connectivity index (χ2v) is 5.82. The molecule has 0 amide bonds. The van der Waals surface area contributed by atoms with Gasteiger partial charge in [-0.25, -0.2) is 9.38 Å². The van der Waals surface area contributed by atoms with E-state index >= 15 is 0 Å². The van der Waals surface area contributed by atoms with E-state index in [0.29, 0.717) is 0 Å². The summed E-state index contributed by atoms with van der Waals surface area (Å²) in [6, 6.07) is 10.7. The van der Waals surface area contributed by atoms with Crippen LogP contribution in [-0.2, 0) is 6.54 Å². The lowest BCUT2D eigenvalue weighted by Gasteiger charge is -2.29. The number of hydrogen-bond acceptors (Lipinski definition) is 2. The minimum atomic E-state index is -0.224. The molecule has 102 valence electrons. The number of nitrogens with zero attached hydrogens (tertiary/aromatic N) is 2. The standard InChI is InChI=1S/C16H14BrFN2/c1-10-7-15(17)14-9-20(11(2)19-16(14)8-10)13-5-3-12(18)4-6-13/h3-8H,9H2,1-2H3. The first kappa shape index (κ1) is 13.3. The Morgan fingerprint density at radius 3 is 2.55 bits per heavy atom. The van der Waals surface area contributed by atoms with Crippen LogP contribution in [0.2, 0.25) is 0 Å². The number of amidine groups is 1. The molecule has 1 aliphatic heterocycles. The molecule has 2 aromatic carbocycles. The van der Waals surface area contributed by atoms with Gasteiger partial charge in [0.05, 0.1) is 12.2 Å². The first-order valence-corrected chi connectivity index (χ1v) is 7.21. The highest BCUT2D eigenvalue weighted by atomic mass is 79.9. The van der Waals surface area contributed by atoms with E-state index in [0.717, 1.165) is 33.8 Å². The molecule has 0 atom stereocenters. The fourth-order valence-electron chi connectivity index (χ4n) is 2.42. The molecule has 0 spiro atoms. The number of anilines is 1. The van der Waals surface area contributed by atoms with Crippen molar-refractivity contribution in [3.8, 4) is 0 Å². The van der Waals surface area contributed by atoms with E-state index in [-0.39, 0.29) is 5.82 Å². The molecule has 4 heteroatoms. The van der Waals surface area contributed by atoms with Gasteiger partial charge in [0.25, 0.3) is 0 Å². The van der Waals surface area contributed by atoms with E-state index in [1.165, 1.54) is 17.7 Å². The van der Waals surface area contributed by atoms with Crippen molar-refractivity contribution in [2.75, 3.05) is 4.90 Å². The van der Waals surface area contributed by atoms with Gasteiger partial charge in [0.1, 0.15) is 11.7 Å². The normalized spacial score (nSPS) is 14.0. The summed E-state index contributed by atoms with van der Waals surface area (Å²) >= 11 is 3.61. The fourth-order valence-corrected chi connectivity index (χ4v) is 3.11. The number of hydrogen-bond donors (Lipinski definition) is 0. The zero-order chi connectivity index (χ0) is 14.3. The lowest BCUT2D eigenvalue weighted by Crippen LogP contribution is -2.30. The monoisotopic (exact) mass is 332 g/mol. The van der Waals surface area contributed by atoms with E-state index in [1.54, 1.807) is 12.1 Å². The topological polar surface area (TPSA) is 15.6 Å². The van der Waals surface area contributed by atoms with Crippen LogP contribution in [0.3, 0.4) is 0 Å². The molecule has 0 saturated heterocycles. The van der Waals surface area contributed by atoms with E-state index in [2.05, 4.69) is 44.9 Å². The van der Waals surface area contributed by atoms with Crippen molar-refractivity contribution >= 4 is 33.1 Å². The largest absolute Gasteiger partial charge is 0.325 e. The molecule has 0 aliphatic carbocycles. The highest BCUT2D eigenvalue weighted by Gasteiger charge is 2.20. The van der Waals surface area contributed by atoms with Gasteiger partial charge < -0.3 is 4.90 Å². The molecule has 20 heavy (non-hydrogen) atoms. The van der Waals surface area contributed by atoms with Crippen LogP contribution in [0.5, 0.6) is 0 Å². The van der Waals surface area contributed by atoms with Crippen molar-refractivity contribution in [3.05, 3.63) is 57.8 Å². The van der Waals surface area contributed by atoms with Crippen LogP contribution in [0.25, 0.3) is 0 Å². The zero-order valence-corrected chi connectivity index (χ0v) is 12.9. The van der Waals surface area contributed by atoms with E-state index in [4.69, 9.17) is 0 Å². The van der Waals surface area contributed by atoms with Crippen LogP contribution in [0.4, 0.5) is 15.8 Å². The van der Waals surface area contributed by atoms with Gasteiger partial charge >= 0.3 is 0 Å². The second kappa shape index (κ2) is 5.02. The van der Waals surface area contributed by atoms with Gasteiger partial charge in [-0.2, -0.15) is 0 Å². The molecule has 0 saturated carbocycles. The number of halogens is 2. The highest BCUT2D eigenvalue weighted by molar-refractivity contribution is 9.10. The summed E-state index contributed by atoms with van der Waals surface area (Å²) < 4.78 is 14.1. The van der Waals surface area contributed by atoms with E-state index in [9.17, 15) is 4.39 Å². The zero-order valence-electron chi connectivity index (χ0n) is 11.3. The molecule has 1 heterocycles. The smallest absolute Gasteiger partial charge is 0.123 e. The maximum absolute atomic E-state index is 13.0. The molecular weight excluding hydrogens is 319 g/mol. The van der Waals surface area contributed by atoms with Crippen molar-refractivity contribution in [2.24, 2.45) is 4.99 Å². The Balaban J connectivity index is 2.04. The molecule has 0 aromatic heterocycles. The Morgan fingerprint density at radius 2 is 1.85 bits per heavy atom. The molecular formula is C16H14BrFN2. The average Bonchev–Trinajstić information content (AvgIpc) is 2.39. The average molecular weight is 333 g/mol. The van der Waals surface area contributed by atoms with E-state index in [1.807, 2.05) is 6.92 Å². The SMILES string of the molecule is CC1=Nc2cc(C)cc(Br)c2CN1c1ccc(F)cc1. The first-order valence-electron chi connectivity index (χ1n) is 6.42. The first-order chi connectivity index (χ1) is 9.54. The minimum Gasteiger partial charge on any atom is -0.325 e. The number of benzene rings is 2. The Kier molecular flexibility index (Phi) is 3.34. The summed E-state index contributed by atoms with van der Waals surface area (Å²) in [4.78, 5) is 6.75. The number of fused-ring (bicyclic) bond motifs is 1. The van der Waals surface area contributed by atoms with Gasteiger partial charge in [-0.3, -0.25) is 0 Å². The molecule has 3 rings (SSSR count). The quantitative estimate of drug-likeness (QED) is 0.720. The lowest BCUT2D eigenvalue weighted by atomic mass is 10.1. The third kappa shape index (κ3) is 2.36. The minimum absolute atomic E-state index is 0.224. The molecule has 0 bridgehead atoms. The van der Waals surface area contributed by atoms with Crippen molar-refractivity contribution in [1.29, 1.82) is 0 Å². The highest BCUT2D eigenvalue weighted by Crippen LogP contribution is 2.35. The van der Waals surface area contributed by atoms with Crippen LogP contribution in [-0.4, -0.2) is 5.84 Å². The van der Waals surface area contributed by atoms with Gasteiger partial charge in [0.2, 0.25) is 0 Å². The van der Waals surface area contributed by atoms with Crippen molar-refractivity contribution in [2.45, 2.75) is 20.4 Å². The Morgan fingerprint density at radius 1 is 1.15 bits per heavy atom. The fraction of sp³-hybridized carbons (Fsp3) is 0.188. The summed E-state index contributed by atoms with van der Waals surface area (Å²) in [6.45, 7) is 4.77. The summed E-state index contributed by atoms with van der Waals surface area (Å²) in [5.74, 6) is 0.694.